The number of methoxy groups -OCH3 is 1. The van der Waals surface area contributed by atoms with Gasteiger partial charge in [0, 0.05) is 13.1 Å². The lowest BCUT2D eigenvalue weighted by atomic mass is 9.97. The summed E-state index contributed by atoms with van der Waals surface area (Å²) >= 11 is 0. The molecule has 0 bridgehead atoms. The number of hydrogen-bond donors (Lipinski definition) is 0. The zero-order valence-electron chi connectivity index (χ0n) is 11.6. The molecule has 0 aromatic heterocycles. The van der Waals surface area contributed by atoms with Gasteiger partial charge in [-0.3, -0.25) is 4.79 Å². The van der Waals surface area contributed by atoms with Gasteiger partial charge in [0.15, 0.2) is 0 Å². The first-order valence-corrected chi connectivity index (χ1v) is 7.32. The van der Waals surface area contributed by atoms with E-state index in [0.717, 1.165) is 32.5 Å². The van der Waals surface area contributed by atoms with Crippen molar-refractivity contribution in [2.45, 2.75) is 32.1 Å². The van der Waals surface area contributed by atoms with E-state index in [0.29, 0.717) is 0 Å². The maximum absolute atomic E-state index is 11.4. The van der Waals surface area contributed by atoms with Crippen LogP contribution in [0.3, 0.4) is 0 Å². The Morgan fingerprint density at radius 3 is 2.11 bits per heavy atom. The van der Waals surface area contributed by atoms with E-state index in [1.54, 1.807) is 0 Å². The molecule has 4 nitrogen and oxygen atoms in total. The van der Waals surface area contributed by atoms with Crippen molar-refractivity contribution in [2.24, 2.45) is 5.92 Å². The van der Waals surface area contributed by atoms with Crippen molar-refractivity contribution in [3.63, 3.8) is 0 Å². The first-order valence-electron chi connectivity index (χ1n) is 7.32. The third kappa shape index (κ3) is 3.95. The van der Waals surface area contributed by atoms with Crippen LogP contribution in [0.15, 0.2) is 0 Å². The van der Waals surface area contributed by atoms with E-state index in [9.17, 15) is 4.79 Å². The second-order valence-electron chi connectivity index (χ2n) is 5.54. The molecule has 0 aromatic rings. The molecule has 0 amide bonds. The molecule has 2 rings (SSSR count). The number of nitrogens with zero attached hydrogens (tertiary/aromatic N) is 2. The van der Waals surface area contributed by atoms with Gasteiger partial charge < -0.3 is 14.5 Å². The number of piperidine rings is 2. The van der Waals surface area contributed by atoms with E-state index < -0.39 is 0 Å². The van der Waals surface area contributed by atoms with Crippen LogP contribution in [0, 0.1) is 5.92 Å². The fraction of sp³-hybridized carbons (Fsp3) is 0.929. The lowest BCUT2D eigenvalue weighted by molar-refractivity contribution is -0.147. The second kappa shape index (κ2) is 7.10. The van der Waals surface area contributed by atoms with Gasteiger partial charge in [0.25, 0.3) is 0 Å². The van der Waals surface area contributed by atoms with Crippen LogP contribution in [0.2, 0.25) is 0 Å². The number of carbonyl (C=O) groups excluding carboxylic acids is 1. The smallest absolute Gasteiger partial charge is 0.308 e. The van der Waals surface area contributed by atoms with E-state index in [-0.39, 0.29) is 11.9 Å². The van der Waals surface area contributed by atoms with Crippen LogP contribution in [0.5, 0.6) is 0 Å². The molecule has 0 aliphatic carbocycles. The molecule has 0 radical (unpaired) electrons. The van der Waals surface area contributed by atoms with Gasteiger partial charge in [-0.15, -0.1) is 0 Å². The van der Waals surface area contributed by atoms with Crippen LogP contribution in [-0.2, 0) is 9.53 Å². The van der Waals surface area contributed by atoms with Crippen molar-refractivity contribution in [2.75, 3.05) is 46.4 Å². The molecule has 0 aromatic carbocycles. The Bertz CT molecular complexity index is 257. The SMILES string of the molecule is COC(=O)C1CCN(CCN2CCCCC2)CC1. The van der Waals surface area contributed by atoms with Gasteiger partial charge in [-0.1, -0.05) is 6.42 Å². The van der Waals surface area contributed by atoms with Crippen LogP contribution in [-0.4, -0.2) is 62.1 Å². The van der Waals surface area contributed by atoms with E-state index in [2.05, 4.69) is 9.80 Å². The summed E-state index contributed by atoms with van der Waals surface area (Å²) in [4.78, 5) is 16.5. The zero-order chi connectivity index (χ0) is 12.8. The minimum atomic E-state index is -0.0225. The lowest BCUT2D eigenvalue weighted by Gasteiger charge is -2.33. The summed E-state index contributed by atoms with van der Waals surface area (Å²) in [5.41, 5.74) is 0. The van der Waals surface area contributed by atoms with Crippen LogP contribution in [0.25, 0.3) is 0 Å². The molecule has 0 atom stereocenters. The summed E-state index contributed by atoms with van der Waals surface area (Å²) in [5, 5.41) is 0. The van der Waals surface area contributed by atoms with Gasteiger partial charge in [0.05, 0.1) is 13.0 Å². The summed E-state index contributed by atoms with van der Waals surface area (Å²) < 4.78 is 4.81. The topological polar surface area (TPSA) is 32.8 Å². The highest BCUT2D eigenvalue weighted by molar-refractivity contribution is 5.72. The minimum absolute atomic E-state index is 0.0225. The molecule has 0 unspecified atom stereocenters. The zero-order valence-corrected chi connectivity index (χ0v) is 11.6. The van der Waals surface area contributed by atoms with Crippen molar-refractivity contribution < 1.29 is 9.53 Å². The van der Waals surface area contributed by atoms with Gasteiger partial charge in [-0.25, -0.2) is 0 Å². The quantitative estimate of drug-likeness (QED) is 0.709. The Morgan fingerprint density at radius 2 is 1.56 bits per heavy atom. The minimum Gasteiger partial charge on any atom is -0.469 e. The van der Waals surface area contributed by atoms with Gasteiger partial charge in [0.2, 0.25) is 0 Å². The Hall–Kier alpha value is -0.610. The maximum atomic E-state index is 11.4. The lowest BCUT2D eigenvalue weighted by Crippen LogP contribution is -2.42. The third-order valence-electron chi connectivity index (χ3n) is 4.30. The molecule has 2 saturated heterocycles. The highest BCUT2D eigenvalue weighted by atomic mass is 16.5. The molecule has 0 saturated carbocycles. The van der Waals surface area contributed by atoms with Crippen molar-refractivity contribution in [1.82, 2.24) is 9.80 Å². The van der Waals surface area contributed by atoms with Gasteiger partial charge in [-0.05, 0) is 51.9 Å². The monoisotopic (exact) mass is 254 g/mol. The molecule has 0 spiro atoms. The molecule has 2 heterocycles. The van der Waals surface area contributed by atoms with Crippen molar-refractivity contribution in [3.05, 3.63) is 0 Å². The molecule has 2 fully saturated rings. The van der Waals surface area contributed by atoms with Crippen LogP contribution in [0.4, 0.5) is 0 Å². The average Bonchev–Trinajstić information content (AvgIpc) is 2.46. The average molecular weight is 254 g/mol. The van der Waals surface area contributed by atoms with Crippen LogP contribution >= 0.6 is 0 Å². The highest BCUT2D eigenvalue weighted by Crippen LogP contribution is 2.18. The van der Waals surface area contributed by atoms with Gasteiger partial charge >= 0.3 is 5.97 Å². The van der Waals surface area contributed by atoms with E-state index >= 15 is 0 Å². The summed E-state index contributed by atoms with van der Waals surface area (Å²) in [7, 11) is 1.49. The first-order chi connectivity index (χ1) is 8.79. The largest absolute Gasteiger partial charge is 0.469 e. The van der Waals surface area contributed by atoms with Crippen LogP contribution in [0.1, 0.15) is 32.1 Å². The molecular weight excluding hydrogens is 228 g/mol. The number of likely N-dealkylation sites (tertiary alicyclic amines) is 2. The first kappa shape index (κ1) is 13.8. The fourth-order valence-corrected chi connectivity index (χ4v) is 3.02. The van der Waals surface area contributed by atoms with Gasteiger partial charge in [-0.2, -0.15) is 0 Å². The predicted octanol–water partition coefficient (Wildman–Crippen LogP) is 1.36. The molecular formula is C14H26N2O2. The van der Waals surface area contributed by atoms with Crippen molar-refractivity contribution >= 4 is 5.97 Å². The van der Waals surface area contributed by atoms with E-state index in [4.69, 9.17) is 4.74 Å². The number of ether oxygens (including phenoxy) is 1. The van der Waals surface area contributed by atoms with Gasteiger partial charge in [0.1, 0.15) is 0 Å². The normalized spacial score (nSPS) is 24.1. The maximum Gasteiger partial charge on any atom is 0.308 e. The second-order valence-corrected chi connectivity index (χ2v) is 5.54. The molecule has 4 heteroatoms. The summed E-state index contributed by atoms with van der Waals surface area (Å²) in [6.07, 6.45) is 6.06. The predicted molar refractivity (Wildman–Crippen MR) is 71.5 cm³/mol. The molecule has 2 aliphatic heterocycles. The summed E-state index contributed by atoms with van der Waals surface area (Å²) in [5.74, 6) is 0.118. The Balaban J connectivity index is 1.62. The Kier molecular flexibility index (Phi) is 5.45. The number of rotatable bonds is 4. The van der Waals surface area contributed by atoms with Crippen molar-refractivity contribution in [3.8, 4) is 0 Å². The van der Waals surface area contributed by atoms with Crippen LogP contribution < -0.4 is 0 Å². The number of esters is 1. The highest BCUT2D eigenvalue weighted by Gasteiger charge is 2.25. The Morgan fingerprint density at radius 1 is 1.00 bits per heavy atom. The number of carbonyl (C=O) groups is 1. The van der Waals surface area contributed by atoms with E-state index in [1.807, 2.05) is 0 Å². The Labute approximate surface area is 110 Å². The molecule has 0 N–H and O–H groups in total. The van der Waals surface area contributed by atoms with E-state index in [1.165, 1.54) is 46.0 Å². The standard InChI is InChI=1S/C14H26N2O2/c1-18-14(17)13-5-9-16(10-6-13)12-11-15-7-3-2-4-8-15/h13H,2-12H2,1H3. The molecule has 18 heavy (non-hydrogen) atoms. The van der Waals surface area contributed by atoms with Crippen molar-refractivity contribution in [1.29, 1.82) is 0 Å². The fourth-order valence-electron chi connectivity index (χ4n) is 3.02. The molecule has 2 aliphatic rings. The summed E-state index contributed by atoms with van der Waals surface area (Å²) in [6, 6.07) is 0. The molecule has 104 valence electrons. The third-order valence-corrected chi connectivity index (χ3v) is 4.30. The summed E-state index contributed by atoms with van der Waals surface area (Å²) in [6.45, 7) is 7.01. The number of hydrogen-bond acceptors (Lipinski definition) is 4.